The van der Waals surface area contributed by atoms with E-state index in [1.54, 1.807) is 41.5 Å². The van der Waals surface area contributed by atoms with Crippen molar-refractivity contribution in [1.29, 1.82) is 0 Å². The molecule has 0 saturated heterocycles. The Morgan fingerprint density at radius 1 is 0.804 bits per heavy atom. The summed E-state index contributed by atoms with van der Waals surface area (Å²) >= 11 is 0. The summed E-state index contributed by atoms with van der Waals surface area (Å²) in [6.07, 6.45) is -2.30. The fraction of sp³-hybridized carbons (Fsp3) is 0.529. The number of hydrogen-bond acceptors (Lipinski definition) is 7. The molecule has 0 radical (unpaired) electrons. The molecular weight excluding hydrogens is 600 g/mol. The Morgan fingerprint density at radius 3 is 2.00 bits per heavy atom. The minimum atomic E-state index is -1.50. The Morgan fingerprint density at radius 2 is 1.39 bits per heavy atom. The molecule has 254 valence electrons. The summed E-state index contributed by atoms with van der Waals surface area (Å²) in [6.45, 7) is 10.1. The minimum absolute atomic E-state index is 0.0269. The highest BCUT2D eigenvalue weighted by Gasteiger charge is 2.29. The van der Waals surface area contributed by atoms with E-state index >= 15 is 0 Å². The zero-order chi connectivity index (χ0) is 34.5. The molecule has 0 aromatic heterocycles. The van der Waals surface area contributed by atoms with Gasteiger partial charge in [0, 0.05) is 19.4 Å². The monoisotopic (exact) mass is 647 g/mol. The van der Waals surface area contributed by atoms with Crippen molar-refractivity contribution in [3.8, 4) is 0 Å². The summed E-state index contributed by atoms with van der Waals surface area (Å²) in [4.78, 5) is 50.2. The predicted octanol–water partition coefficient (Wildman–Crippen LogP) is 5.14. The Labute approximate surface area is 269 Å². The number of hydrogen-bond donors (Lipinski definition) is 4. The van der Waals surface area contributed by atoms with E-state index in [4.69, 9.17) is 9.47 Å². The number of amides is 3. The lowest BCUT2D eigenvalue weighted by Crippen LogP contribution is -2.49. The fourth-order valence-corrected chi connectivity index (χ4v) is 4.46. The van der Waals surface area contributed by atoms with Crippen LogP contribution in [0.25, 0.3) is 0 Å². The van der Waals surface area contributed by atoms with Gasteiger partial charge in [0.25, 0.3) is 0 Å². The summed E-state index contributed by atoms with van der Waals surface area (Å²) in [5, 5.41) is 18.7. The zero-order valence-corrected chi connectivity index (χ0v) is 27.5. The lowest BCUT2D eigenvalue weighted by atomic mass is 9.96. The largest absolute Gasteiger partial charge is 0.444 e. The molecule has 0 aliphatic carbocycles. The second-order valence-electron chi connectivity index (χ2n) is 13.1. The van der Waals surface area contributed by atoms with Crippen molar-refractivity contribution in [3.63, 3.8) is 0 Å². The van der Waals surface area contributed by atoms with Crippen molar-refractivity contribution >= 4 is 23.9 Å². The molecule has 12 heteroatoms. The van der Waals surface area contributed by atoms with E-state index in [1.165, 1.54) is 0 Å². The predicted molar refractivity (Wildman–Crippen MR) is 169 cm³/mol. The molecule has 3 amide bonds. The van der Waals surface area contributed by atoms with Gasteiger partial charge < -0.3 is 30.5 Å². The smallest absolute Gasteiger partial charge is 0.407 e. The molecule has 0 aliphatic heterocycles. The summed E-state index contributed by atoms with van der Waals surface area (Å²) in [5.74, 6) is -2.15. The molecule has 3 atom stereocenters. The summed E-state index contributed by atoms with van der Waals surface area (Å²) in [6, 6.07) is 10.4. The number of carbonyl (C=O) groups is 4. The first kappa shape index (κ1) is 38.1. The maximum atomic E-state index is 14.3. The van der Waals surface area contributed by atoms with Gasteiger partial charge in [0.1, 0.15) is 28.9 Å². The fourth-order valence-electron chi connectivity index (χ4n) is 4.46. The third-order valence-corrected chi connectivity index (χ3v) is 6.53. The van der Waals surface area contributed by atoms with E-state index in [9.17, 15) is 33.1 Å². The summed E-state index contributed by atoms with van der Waals surface area (Å²) in [7, 11) is 0. The number of ether oxygens (including phenoxy) is 2. The van der Waals surface area contributed by atoms with Crippen LogP contribution in [0.4, 0.5) is 18.4 Å². The van der Waals surface area contributed by atoms with Crippen LogP contribution in [0.2, 0.25) is 0 Å². The van der Waals surface area contributed by atoms with Crippen molar-refractivity contribution in [2.45, 2.75) is 109 Å². The molecule has 4 N–H and O–H groups in total. The second-order valence-corrected chi connectivity index (χ2v) is 13.1. The van der Waals surface area contributed by atoms with Crippen molar-refractivity contribution in [1.82, 2.24) is 16.0 Å². The van der Waals surface area contributed by atoms with Gasteiger partial charge in [-0.1, -0.05) is 30.3 Å². The third-order valence-electron chi connectivity index (χ3n) is 6.53. The molecule has 1 unspecified atom stereocenters. The number of aliphatic hydroxyl groups excluding tert-OH is 1. The van der Waals surface area contributed by atoms with Gasteiger partial charge in [-0.3, -0.25) is 9.59 Å². The molecule has 0 bridgehead atoms. The first-order valence-corrected chi connectivity index (χ1v) is 15.4. The van der Waals surface area contributed by atoms with Gasteiger partial charge in [0.15, 0.2) is 5.78 Å². The molecule has 10 nitrogen and oxygen atoms in total. The van der Waals surface area contributed by atoms with Gasteiger partial charge in [-0.25, -0.2) is 18.4 Å². The van der Waals surface area contributed by atoms with E-state index in [-0.39, 0.29) is 43.7 Å². The van der Waals surface area contributed by atoms with E-state index in [0.717, 1.165) is 23.8 Å². The maximum Gasteiger partial charge on any atom is 0.407 e. The topological polar surface area (TPSA) is 143 Å². The number of nitrogens with one attached hydrogen (secondary N) is 3. The van der Waals surface area contributed by atoms with Crippen molar-refractivity contribution < 1.29 is 42.5 Å². The van der Waals surface area contributed by atoms with Crippen LogP contribution >= 0.6 is 0 Å². The maximum absolute atomic E-state index is 14.3. The highest BCUT2D eigenvalue weighted by atomic mass is 19.1. The highest BCUT2D eigenvalue weighted by Crippen LogP contribution is 2.15. The number of aliphatic hydroxyl groups is 1. The number of rotatable bonds is 15. The number of alkyl carbamates (subject to hydrolysis) is 2. The Bertz CT molecular complexity index is 1310. The van der Waals surface area contributed by atoms with Gasteiger partial charge in [0.05, 0.1) is 12.1 Å². The Balaban J connectivity index is 1.91. The zero-order valence-electron chi connectivity index (χ0n) is 27.5. The van der Waals surface area contributed by atoms with Crippen LogP contribution in [-0.4, -0.2) is 64.9 Å². The van der Waals surface area contributed by atoms with Crippen LogP contribution in [0.1, 0.15) is 78.4 Å². The number of unbranched alkanes of at least 4 members (excludes halogenated alkanes) is 1. The third kappa shape index (κ3) is 15.3. The van der Waals surface area contributed by atoms with E-state index in [1.807, 2.05) is 30.3 Å². The van der Waals surface area contributed by atoms with Crippen molar-refractivity contribution in [2.75, 3.05) is 6.54 Å². The van der Waals surface area contributed by atoms with E-state index in [2.05, 4.69) is 16.0 Å². The number of halogens is 2. The number of carbonyl (C=O) groups excluding carboxylic acids is 4. The van der Waals surface area contributed by atoms with Crippen molar-refractivity contribution in [3.05, 3.63) is 71.3 Å². The first-order chi connectivity index (χ1) is 21.4. The lowest BCUT2D eigenvalue weighted by molar-refractivity contribution is -0.129. The van der Waals surface area contributed by atoms with Gasteiger partial charge in [-0.05, 0) is 96.6 Å². The van der Waals surface area contributed by atoms with Gasteiger partial charge in [0.2, 0.25) is 5.91 Å². The molecule has 2 rings (SSSR count). The molecular formula is C34H47F2N3O7. The molecule has 0 aliphatic rings. The highest BCUT2D eigenvalue weighted by molar-refractivity contribution is 5.84. The van der Waals surface area contributed by atoms with Crippen LogP contribution in [0, 0.1) is 11.6 Å². The van der Waals surface area contributed by atoms with Crippen LogP contribution < -0.4 is 16.0 Å². The molecule has 2 aromatic carbocycles. The van der Waals surface area contributed by atoms with Crippen molar-refractivity contribution in [2.24, 2.45) is 0 Å². The summed E-state index contributed by atoms with van der Waals surface area (Å²) in [5.41, 5.74) is -0.718. The minimum Gasteiger partial charge on any atom is -0.444 e. The average Bonchev–Trinajstić information content (AvgIpc) is 2.93. The number of ketones is 1. The second kappa shape index (κ2) is 17.6. The standard InChI is InChI=1S/C34H47F2N3O7/c1-33(2,3)45-31(43)38-25(20-23-19-24(35)16-17-26(23)36)21-37-29(41)15-11-10-14-28(40)30(42)27(18-22-12-8-7-9-13-22)39-32(44)46-34(4,5)6/h7-9,12-13,16-17,19,25,27,30,42H,10-11,14-15,18,20-21H2,1-6H3,(H,37,41)(H,38,43)(H,39,44)/t25?,27-,30+/m1/s1. The average molecular weight is 648 g/mol. The van der Waals surface area contributed by atoms with Crippen LogP contribution in [0.15, 0.2) is 48.5 Å². The summed E-state index contributed by atoms with van der Waals surface area (Å²) < 4.78 is 38.6. The molecule has 0 heterocycles. The van der Waals surface area contributed by atoms with Gasteiger partial charge in [-0.15, -0.1) is 0 Å². The van der Waals surface area contributed by atoms with E-state index in [0.29, 0.717) is 12.8 Å². The SMILES string of the molecule is CC(C)(C)OC(=O)NC(CNC(=O)CCCCC(=O)[C@@H](O)[C@@H](Cc1ccccc1)NC(=O)OC(C)(C)C)Cc1cc(F)ccc1F. The molecule has 0 spiro atoms. The van der Waals surface area contributed by atoms with Gasteiger partial charge >= 0.3 is 12.2 Å². The Hall–Kier alpha value is -4.06. The Kier molecular flexibility index (Phi) is 14.6. The van der Waals surface area contributed by atoms with Crippen LogP contribution in [-0.2, 0) is 31.9 Å². The molecule has 46 heavy (non-hydrogen) atoms. The van der Waals surface area contributed by atoms with Gasteiger partial charge in [-0.2, -0.15) is 0 Å². The van der Waals surface area contributed by atoms with Crippen LogP contribution in [0.3, 0.4) is 0 Å². The molecule has 0 saturated carbocycles. The first-order valence-electron chi connectivity index (χ1n) is 15.4. The molecule has 0 fully saturated rings. The lowest BCUT2D eigenvalue weighted by Gasteiger charge is -2.26. The van der Waals surface area contributed by atoms with Crippen LogP contribution in [0.5, 0.6) is 0 Å². The van der Waals surface area contributed by atoms with E-state index < -0.39 is 59.0 Å². The molecule has 2 aromatic rings. The quantitative estimate of drug-likeness (QED) is 0.196. The number of Topliss-reactive ketones (excluding diaryl/α,β-unsaturated/α-hetero) is 1. The normalized spacial score (nSPS) is 13.6. The number of benzene rings is 2.